The molecule has 0 aliphatic carbocycles. The van der Waals surface area contributed by atoms with Gasteiger partial charge in [-0.1, -0.05) is 38.1 Å². The van der Waals surface area contributed by atoms with Crippen LogP contribution in [0.1, 0.15) is 38.8 Å². The van der Waals surface area contributed by atoms with Gasteiger partial charge >= 0.3 is 0 Å². The summed E-state index contributed by atoms with van der Waals surface area (Å²) < 4.78 is 5.17. The van der Waals surface area contributed by atoms with Gasteiger partial charge in [0.05, 0.1) is 13.2 Å². The Morgan fingerprint density at radius 3 is 2.52 bits per heavy atom. The summed E-state index contributed by atoms with van der Waals surface area (Å²) in [5.74, 6) is 0.841. The van der Waals surface area contributed by atoms with Gasteiger partial charge in [-0.25, -0.2) is 0 Å². The Balaban J connectivity index is 0.00000484. The first-order chi connectivity index (χ1) is 10.4. The van der Waals surface area contributed by atoms with Gasteiger partial charge in [-0.3, -0.25) is 4.99 Å². The maximum atomic E-state index is 5.17. The minimum Gasteiger partial charge on any atom is -0.383 e. The van der Waals surface area contributed by atoms with Gasteiger partial charge in [-0.2, -0.15) is 0 Å². The van der Waals surface area contributed by atoms with Crippen LogP contribution in [-0.4, -0.2) is 38.8 Å². The SMILES string of the molecule is CCNC(=NCC(C)(C)c1ccccc1C)NC(C)COC.I. The maximum Gasteiger partial charge on any atom is 0.191 e. The lowest BCUT2D eigenvalue weighted by Gasteiger charge is -2.26. The largest absolute Gasteiger partial charge is 0.383 e. The molecule has 0 heterocycles. The molecular weight excluding hydrogens is 401 g/mol. The highest BCUT2D eigenvalue weighted by Crippen LogP contribution is 2.26. The van der Waals surface area contributed by atoms with E-state index in [1.54, 1.807) is 7.11 Å². The molecule has 0 radical (unpaired) electrons. The number of nitrogens with zero attached hydrogens (tertiary/aromatic N) is 1. The molecule has 1 unspecified atom stereocenters. The zero-order chi connectivity index (χ0) is 16.6. The van der Waals surface area contributed by atoms with Crippen molar-refractivity contribution in [2.24, 2.45) is 4.99 Å². The molecule has 1 aromatic carbocycles. The summed E-state index contributed by atoms with van der Waals surface area (Å²) in [5.41, 5.74) is 2.66. The number of hydrogen-bond acceptors (Lipinski definition) is 2. The Hall–Kier alpha value is -0.820. The van der Waals surface area contributed by atoms with Gasteiger partial charge in [0.1, 0.15) is 0 Å². The molecule has 0 aliphatic heterocycles. The molecule has 1 aromatic rings. The maximum absolute atomic E-state index is 5.17. The quantitative estimate of drug-likeness (QED) is 0.393. The van der Waals surface area contributed by atoms with Crippen LogP contribution in [0.3, 0.4) is 0 Å². The Morgan fingerprint density at radius 2 is 1.96 bits per heavy atom. The number of aryl methyl sites for hydroxylation is 1. The molecule has 4 nitrogen and oxygen atoms in total. The lowest BCUT2D eigenvalue weighted by Crippen LogP contribution is -2.44. The first kappa shape index (κ1) is 22.2. The van der Waals surface area contributed by atoms with E-state index in [0.717, 1.165) is 19.0 Å². The molecule has 23 heavy (non-hydrogen) atoms. The molecule has 1 rings (SSSR count). The lowest BCUT2D eigenvalue weighted by molar-refractivity contribution is 0.179. The molecule has 1 atom stereocenters. The summed E-state index contributed by atoms with van der Waals surface area (Å²) in [5, 5.41) is 6.67. The van der Waals surface area contributed by atoms with Crippen LogP contribution in [0.15, 0.2) is 29.3 Å². The Labute approximate surface area is 158 Å². The number of rotatable bonds is 7. The van der Waals surface area contributed by atoms with Crippen LogP contribution in [0, 0.1) is 6.92 Å². The van der Waals surface area contributed by atoms with Crippen LogP contribution in [0.2, 0.25) is 0 Å². The van der Waals surface area contributed by atoms with E-state index in [1.165, 1.54) is 11.1 Å². The molecule has 0 amide bonds. The fraction of sp³-hybridized carbons (Fsp3) is 0.611. The fourth-order valence-electron chi connectivity index (χ4n) is 2.54. The Kier molecular flexibility index (Phi) is 10.5. The predicted octanol–water partition coefficient (Wildman–Crippen LogP) is 3.48. The molecule has 0 fully saturated rings. The van der Waals surface area contributed by atoms with Crippen LogP contribution >= 0.6 is 24.0 Å². The van der Waals surface area contributed by atoms with Gasteiger partial charge in [0.15, 0.2) is 5.96 Å². The van der Waals surface area contributed by atoms with Crippen LogP contribution in [0.5, 0.6) is 0 Å². The molecule has 0 spiro atoms. The van der Waals surface area contributed by atoms with Crippen LogP contribution in [-0.2, 0) is 10.2 Å². The van der Waals surface area contributed by atoms with Crippen molar-refractivity contribution < 1.29 is 4.74 Å². The molecule has 0 aromatic heterocycles. The number of guanidine groups is 1. The highest BCUT2D eigenvalue weighted by Gasteiger charge is 2.22. The summed E-state index contributed by atoms with van der Waals surface area (Å²) in [7, 11) is 1.71. The minimum atomic E-state index is -0.00180. The van der Waals surface area contributed by atoms with E-state index in [-0.39, 0.29) is 35.4 Å². The third-order valence-corrected chi connectivity index (χ3v) is 3.65. The minimum absolute atomic E-state index is 0. The standard InChI is InChI=1S/C18H31N3O.HI/c1-7-19-17(21-15(3)12-22-6)20-13-18(4,5)16-11-9-8-10-14(16)2;/h8-11,15H,7,12-13H2,1-6H3,(H2,19,20,21);1H. The van der Waals surface area contributed by atoms with Gasteiger partial charge in [0, 0.05) is 25.1 Å². The third-order valence-electron chi connectivity index (χ3n) is 3.65. The van der Waals surface area contributed by atoms with Crippen molar-refractivity contribution >= 4 is 29.9 Å². The zero-order valence-electron chi connectivity index (χ0n) is 15.3. The zero-order valence-corrected chi connectivity index (χ0v) is 17.6. The van der Waals surface area contributed by atoms with Crippen molar-refractivity contribution in [2.45, 2.75) is 46.1 Å². The summed E-state index contributed by atoms with van der Waals surface area (Å²) in [6.07, 6.45) is 0. The Morgan fingerprint density at radius 1 is 1.30 bits per heavy atom. The molecule has 132 valence electrons. The third kappa shape index (κ3) is 7.52. The van der Waals surface area contributed by atoms with Gasteiger partial charge in [0.25, 0.3) is 0 Å². The van der Waals surface area contributed by atoms with Crippen molar-refractivity contribution in [2.75, 3.05) is 26.8 Å². The van der Waals surface area contributed by atoms with E-state index in [4.69, 9.17) is 9.73 Å². The van der Waals surface area contributed by atoms with E-state index in [0.29, 0.717) is 6.61 Å². The van der Waals surface area contributed by atoms with Crippen molar-refractivity contribution in [3.8, 4) is 0 Å². The fourth-order valence-corrected chi connectivity index (χ4v) is 2.54. The molecule has 5 heteroatoms. The molecular formula is C18H32IN3O. The molecule has 0 saturated carbocycles. The van der Waals surface area contributed by atoms with Gasteiger partial charge in [0.2, 0.25) is 0 Å². The smallest absolute Gasteiger partial charge is 0.191 e. The van der Waals surface area contributed by atoms with Crippen LogP contribution in [0.25, 0.3) is 0 Å². The highest BCUT2D eigenvalue weighted by molar-refractivity contribution is 14.0. The number of halogens is 1. The normalized spacial score (nSPS) is 13.2. The first-order valence-electron chi connectivity index (χ1n) is 8.00. The number of methoxy groups -OCH3 is 1. The Bertz CT molecular complexity index is 489. The first-order valence-corrected chi connectivity index (χ1v) is 8.00. The van der Waals surface area contributed by atoms with Crippen molar-refractivity contribution in [3.05, 3.63) is 35.4 Å². The highest BCUT2D eigenvalue weighted by atomic mass is 127. The number of nitrogens with one attached hydrogen (secondary N) is 2. The number of ether oxygens (including phenoxy) is 1. The van der Waals surface area contributed by atoms with Crippen LogP contribution < -0.4 is 10.6 Å². The van der Waals surface area contributed by atoms with E-state index in [2.05, 4.69) is 69.5 Å². The molecule has 0 bridgehead atoms. The second-order valence-electron chi connectivity index (χ2n) is 6.39. The van der Waals surface area contributed by atoms with Crippen LogP contribution in [0.4, 0.5) is 0 Å². The molecule has 0 aliphatic rings. The average molecular weight is 433 g/mol. The number of hydrogen-bond donors (Lipinski definition) is 2. The van der Waals surface area contributed by atoms with Gasteiger partial charge in [-0.15, -0.1) is 24.0 Å². The van der Waals surface area contributed by atoms with E-state index in [1.807, 2.05) is 0 Å². The van der Waals surface area contributed by atoms with E-state index >= 15 is 0 Å². The van der Waals surface area contributed by atoms with E-state index in [9.17, 15) is 0 Å². The van der Waals surface area contributed by atoms with E-state index < -0.39 is 0 Å². The van der Waals surface area contributed by atoms with Gasteiger partial charge < -0.3 is 15.4 Å². The predicted molar refractivity (Wildman–Crippen MR) is 110 cm³/mol. The summed E-state index contributed by atoms with van der Waals surface area (Å²) in [6.45, 7) is 13.0. The van der Waals surface area contributed by atoms with Gasteiger partial charge in [-0.05, 0) is 31.9 Å². The monoisotopic (exact) mass is 433 g/mol. The number of aliphatic imine (C=N–C) groups is 1. The molecule has 2 N–H and O–H groups in total. The van der Waals surface area contributed by atoms with Crippen molar-refractivity contribution in [3.63, 3.8) is 0 Å². The average Bonchev–Trinajstić information content (AvgIpc) is 2.45. The topological polar surface area (TPSA) is 45.7 Å². The summed E-state index contributed by atoms with van der Waals surface area (Å²) in [4.78, 5) is 4.76. The second kappa shape index (κ2) is 10.9. The summed E-state index contributed by atoms with van der Waals surface area (Å²) in [6, 6.07) is 8.75. The van der Waals surface area contributed by atoms with Crippen molar-refractivity contribution in [1.29, 1.82) is 0 Å². The van der Waals surface area contributed by atoms with Crippen molar-refractivity contribution in [1.82, 2.24) is 10.6 Å². The number of benzene rings is 1. The second-order valence-corrected chi connectivity index (χ2v) is 6.39. The molecule has 0 saturated heterocycles. The lowest BCUT2D eigenvalue weighted by atomic mass is 9.82. The summed E-state index contributed by atoms with van der Waals surface area (Å²) >= 11 is 0.